The smallest absolute Gasteiger partial charge is 0.338 e. The highest BCUT2D eigenvalue weighted by Gasteiger charge is 2.19. The van der Waals surface area contributed by atoms with Crippen molar-refractivity contribution in [1.29, 1.82) is 0 Å². The number of rotatable bonds is 4. The van der Waals surface area contributed by atoms with Crippen molar-refractivity contribution in [1.82, 2.24) is 0 Å². The summed E-state index contributed by atoms with van der Waals surface area (Å²) in [6.45, 7) is 3.48. The highest BCUT2D eigenvalue weighted by Crippen LogP contribution is 2.13. The lowest BCUT2D eigenvalue weighted by molar-refractivity contribution is -0.123. The zero-order valence-electron chi connectivity index (χ0n) is 12.3. The molecule has 4 nitrogen and oxygen atoms in total. The number of benzene rings is 2. The Hall–Kier alpha value is -2.33. The highest BCUT2D eigenvalue weighted by atomic mass is 35.5. The number of amides is 1. The minimum Gasteiger partial charge on any atom is -0.449 e. The number of esters is 1. The molecule has 0 saturated carbocycles. The van der Waals surface area contributed by atoms with E-state index in [4.69, 9.17) is 16.3 Å². The molecule has 2 aromatic carbocycles. The monoisotopic (exact) mass is 317 g/mol. The molecule has 0 heterocycles. The van der Waals surface area contributed by atoms with E-state index < -0.39 is 12.1 Å². The maximum absolute atomic E-state index is 12.0. The first-order valence-corrected chi connectivity index (χ1v) is 7.17. The van der Waals surface area contributed by atoms with Crippen molar-refractivity contribution in [2.24, 2.45) is 0 Å². The number of carbonyl (C=O) groups is 2. The number of aryl methyl sites for hydroxylation is 1. The maximum Gasteiger partial charge on any atom is 0.338 e. The normalized spacial score (nSPS) is 11.6. The van der Waals surface area contributed by atoms with E-state index in [0.29, 0.717) is 16.3 Å². The Kier molecular flexibility index (Phi) is 5.17. The van der Waals surface area contributed by atoms with Crippen LogP contribution in [0.3, 0.4) is 0 Å². The molecule has 5 heteroatoms. The van der Waals surface area contributed by atoms with E-state index in [2.05, 4.69) is 5.32 Å². The fourth-order valence-corrected chi connectivity index (χ4v) is 1.97. The lowest BCUT2D eigenvalue weighted by Crippen LogP contribution is -2.30. The largest absolute Gasteiger partial charge is 0.449 e. The SMILES string of the molecule is Cc1ccc(NC(=O)[C@@H](C)OC(=O)c2cccc(Cl)c2)cc1. The molecule has 0 fully saturated rings. The molecule has 0 spiro atoms. The number of carbonyl (C=O) groups excluding carboxylic acids is 2. The van der Waals surface area contributed by atoms with E-state index in [-0.39, 0.29) is 5.91 Å². The summed E-state index contributed by atoms with van der Waals surface area (Å²) in [7, 11) is 0. The van der Waals surface area contributed by atoms with E-state index in [1.165, 1.54) is 13.0 Å². The molecule has 1 N–H and O–H groups in total. The van der Waals surface area contributed by atoms with Crippen molar-refractivity contribution in [3.05, 3.63) is 64.7 Å². The predicted molar refractivity (Wildman–Crippen MR) is 86.1 cm³/mol. The van der Waals surface area contributed by atoms with Crippen LogP contribution < -0.4 is 5.32 Å². The average Bonchev–Trinajstić information content (AvgIpc) is 2.49. The Morgan fingerprint density at radius 2 is 1.82 bits per heavy atom. The summed E-state index contributed by atoms with van der Waals surface area (Å²) in [5.41, 5.74) is 2.06. The van der Waals surface area contributed by atoms with Crippen LogP contribution >= 0.6 is 11.6 Å². The second kappa shape index (κ2) is 7.09. The highest BCUT2D eigenvalue weighted by molar-refractivity contribution is 6.30. The summed E-state index contributed by atoms with van der Waals surface area (Å²) in [5.74, 6) is -0.978. The van der Waals surface area contributed by atoms with E-state index >= 15 is 0 Å². The summed E-state index contributed by atoms with van der Waals surface area (Å²) in [4.78, 5) is 24.0. The number of ether oxygens (including phenoxy) is 1. The molecule has 0 radical (unpaired) electrons. The van der Waals surface area contributed by atoms with Crippen molar-refractivity contribution >= 4 is 29.2 Å². The third kappa shape index (κ3) is 4.33. The number of nitrogens with one attached hydrogen (secondary N) is 1. The van der Waals surface area contributed by atoms with E-state index in [1.807, 2.05) is 19.1 Å². The van der Waals surface area contributed by atoms with Crippen LogP contribution in [0.15, 0.2) is 48.5 Å². The summed E-state index contributed by atoms with van der Waals surface area (Å²) < 4.78 is 5.14. The van der Waals surface area contributed by atoms with Gasteiger partial charge in [-0.2, -0.15) is 0 Å². The molecule has 0 aliphatic rings. The molecule has 1 atom stereocenters. The van der Waals surface area contributed by atoms with Crippen molar-refractivity contribution < 1.29 is 14.3 Å². The van der Waals surface area contributed by atoms with Gasteiger partial charge in [0.25, 0.3) is 5.91 Å². The molecule has 114 valence electrons. The maximum atomic E-state index is 12.0. The van der Waals surface area contributed by atoms with Crippen molar-refractivity contribution in [2.45, 2.75) is 20.0 Å². The lowest BCUT2D eigenvalue weighted by Gasteiger charge is -2.13. The third-order valence-electron chi connectivity index (χ3n) is 3.03. The fraction of sp³-hybridized carbons (Fsp3) is 0.176. The van der Waals surface area contributed by atoms with E-state index in [9.17, 15) is 9.59 Å². The molecule has 2 aromatic rings. The van der Waals surface area contributed by atoms with Crippen LogP contribution in [-0.2, 0) is 9.53 Å². The van der Waals surface area contributed by atoms with Gasteiger partial charge < -0.3 is 10.1 Å². The molecule has 0 aromatic heterocycles. The molecular formula is C17H16ClNO3. The number of hydrogen-bond acceptors (Lipinski definition) is 3. The van der Waals surface area contributed by atoms with E-state index in [0.717, 1.165) is 5.56 Å². The molecule has 0 aliphatic heterocycles. The molecule has 2 rings (SSSR count). The Labute approximate surface area is 134 Å². The van der Waals surface area contributed by atoms with Crippen LogP contribution in [0.2, 0.25) is 5.02 Å². The van der Waals surface area contributed by atoms with E-state index in [1.54, 1.807) is 30.3 Å². The van der Waals surface area contributed by atoms with Gasteiger partial charge in [0.2, 0.25) is 0 Å². The molecule has 0 saturated heterocycles. The molecule has 0 aliphatic carbocycles. The first-order valence-electron chi connectivity index (χ1n) is 6.80. The minimum absolute atomic E-state index is 0.308. The van der Waals surface area contributed by atoms with Gasteiger partial charge in [-0.15, -0.1) is 0 Å². The Bertz CT molecular complexity index is 683. The quantitative estimate of drug-likeness (QED) is 0.872. The zero-order chi connectivity index (χ0) is 16.1. The van der Waals surface area contributed by atoms with Gasteiger partial charge in [0, 0.05) is 10.7 Å². The first kappa shape index (κ1) is 16.0. The summed E-state index contributed by atoms with van der Waals surface area (Å²) in [6.07, 6.45) is -0.909. The zero-order valence-corrected chi connectivity index (χ0v) is 13.1. The van der Waals surface area contributed by atoms with Gasteiger partial charge >= 0.3 is 5.97 Å². The van der Waals surface area contributed by atoms with Crippen molar-refractivity contribution in [2.75, 3.05) is 5.32 Å². The van der Waals surface area contributed by atoms with Gasteiger partial charge in [0.1, 0.15) is 0 Å². The second-order valence-corrected chi connectivity index (χ2v) is 5.35. The van der Waals surface area contributed by atoms with Gasteiger partial charge in [0.05, 0.1) is 5.56 Å². The van der Waals surface area contributed by atoms with Crippen LogP contribution in [0, 0.1) is 6.92 Å². The van der Waals surface area contributed by atoms with Crippen LogP contribution in [-0.4, -0.2) is 18.0 Å². The Morgan fingerprint density at radius 1 is 1.14 bits per heavy atom. The summed E-state index contributed by atoms with van der Waals surface area (Å²) in [5, 5.41) is 3.13. The fourth-order valence-electron chi connectivity index (χ4n) is 1.78. The topological polar surface area (TPSA) is 55.4 Å². The van der Waals surface area contributed by atoms with Gasteiger partial charge in [0.15, 0.2) is 6.10 Å². The van der Waals surface area contributed by atoms with Crippen molar-refractivity contribution in [3.8, 4) is 0 Å². The lowest BCUT2D eigenvalue weighted by atomic mass is 10.2. The molecular weight excluding hydrogens is 302 g/mol. The van der Waals surface area contributed by atoms with Crippen LogP contribution in [0.25, 0.3) is 0 Å². The number of anilines is 1. The molecule has 0 unspecified atom stereocenters. The number of hydrogen-bond donors (Lipinski definition) is 1. The minimum atomic E-state index is -0.909. The van der Waals surface area contributed by atoms with Crippen LogP contribution in [0.4, 0.5) is 5.69 Å². The standard InChI is InChI=1S/C17H16ClNO3/c1-11-6-8-15(9-7-11)19-16(20)12(2)22-17(21)13-4-3-5-14(18)10-13/h3-10,12H,1-2H3,(H,19,20)/t12-/m1/s1. The number of halogens is 1. The van der Waals surface area contributed by atoms with Gasteiger partial charge in [-0.05, 0) is 44.2 Å². The average molecular weight is 318 g/mol. The predicted octanol–water partition coefficient (Wildman–Crippen LogP) is 3.83. The van der Waals surface area contributed by atoms with Gasteiger partial charge in [-0.3, -0.25) is 4.79 Å². The van der Waals surface area contributed by atoms with Gasteiger partial charge in [-0.1, -0.05) is 35.4 Å². The molecule has 0 bridgehead atoms. The van der Waals surface area contributed by atoms with Crippen LogP contribution in [0.5, 0.6) is 0 Å². The van der Waals surface area contributed by atoms with Crippen molar-refractivity contribution in [3.63, 3.8) is 0 Å². The summed E-state index contributed by atoms with van der Waals surface area (Å²) >= 11 is 5.82. The molecule has 1 amide bonds. The Morgan fingerprint density at radius 3 is 2.45 bits per heavy atom. The van der Waals surface area contributed by atoms with Crippen LogP contribution in [0.1, 0.15) is 22.8 Å². The molecule has 22 heavy (non-hydrogen) atoms. The second-order valence-electron chi connectivity index (χ2n) is 4.91. The Balaban J connectivity index is 1.96. The first-order chi connectivity index (χ1) is 10.5. The third-order valence-corrected chi connectivity index (χ3v) is 3.27. The summed E-state index contributed by atoms with van der Waals surface area (Å²) in [6, 6.07) is 13.7. The van der Waals surface area contributed by atoms with Gasteiger partial charge in [-0.25, -0.2) is 4.79 Å².